The van der Waals surface area contributed by atoms with Crippen LogP contribution in [-0.4, -0.2) is 54.8 Å². The molecule has 0 radical (unpaired) electrons. The Bertz CT molecular complexity index is 860. The molecule has 25 heavy (non-hydrogen) atoms. The molecular weight excluding hydrogens is 358 g/mol. The van der Waals surface area contributed by atoms with Crippen LogP contribution in [0.1, 0.15) is 30.3 Å². The molecule has 2 saturated heterocycles. The zero-order valence-corrected chi connectivity index (χ0v) is 15.5. The van der Waals surface area contributed by atoms with Crippen molar-refractivity contribution in [3.63, 3.8) is 0 Å². The third kappa shape index (κ3) is 3.70. The summed E-state index contributed by atoms with van der Waals surface area (Å²) >= 11 is 1.69. The summed E-state index contributed by atoms with van der Waals surface area (Å²) in [4.78, 5) is 19.3. The van der Waals surface area contributed by atoms with Crippen molar-refractivity contribution in [2.24, 2.45) is 0 Å². The minimum Gasteiger partial charge on any atom is -0.351 e. The Balaban J connectivity index is 1.42. The first kappa shape index (κ1) is 16.9. The lowest BCUT2D eigenvalue weighted by molar-refractivity contribution is -0.123. The fourth-order valence-corrected chi connectivity index (χ4v) is 6.50. The third-order valence-corrected chi connectivity index (χ3v) is 7.81. The van der Waals surface area contributed by atoms with Gasteiger partial charge in [0.1, 0.15) is 5.01 Å². The van der Waals surface area contributed by atoms with E-state index in [1.807, 2.05) is 18.2 Å². The van der Waals surface area contributed by atoms with E-state index in [4.69, 9.17) is 4.98 Å². The Hall–Kier alpha value is -1.51. The summed E-state index contributed by atoms with van der Waals surface area (Å²) in [5, 5.41) is 3.95. The molecule has 2 fully saturated rings. The van der Waals surface area contributed by atoms with Crippen LogP contribution in [0.4, 0.5) is 0 Å². The van der Waals surface area contributed by atoms with Crippen LogP contribution in [0.15, 0.2) is 24.3 Å². The highest BCUT2D eigenvalue weighted by molar-refractivity contribution is 7.91. The van der Waals surface area contributed by atoms with E-state index >= 15 is 0 Å². The predicted octanol–water partition coefficient (Wildman–Crippen LogP) is 1.74. The van der Waals surface area contributed by atoms with Gasteiger partial charge >= 0.3 is 0 Å². The van der Waals surface area contributed by atoms with Crippen molar-refractivity contribution < 1.29 is 13.2 Å². The van der Waals surface area contributed by atoms with Crippen LogP contribution in [0.3, 0.4) is 0 Å². The van der Waals surface area contributed by atoms with Crippen LogP contribution in [-0.2, 0) is 14.6 Å². The van der Waals surface area contributed by atoms with Gasteiger partial charge in [0.25, 0.3) is 0 Å². The molecule has 0 aliphatic carbocycles. The normalized spacial score (nSPS) is 26.2. The number of para-hydroxylation sites is 1. The number of fused-ring (bicyclic) bond motifs is 1. The van der Waals surface area contributed by atoms with Gasteiger partial charge in [-0.25, -0.2) is 13.4 Å². The zero-order valence-electron chi connectivity index (χ0n) is 13.8. The molecule has 4 rings (SSSR count). The monoisotopic (exact) mass is 379 g/mol. The molecule has 2 aliphatic rings. The number of rotatable bonds is 4. The van der Waals surface area contributed by atoms with Crippen molar-refractivity contribution >= 4 is 37.3 Å². The number of hydrogen-bond acceptors (Lipinski definition) is 6. The molecule has 1 aromatic carbocycles. The highest BCUT2D eigenvalue weighted by Crippen LogP contribution is 2.36. The Morgan fingerprint density at radius 2 is 2.16 bits per heavy atom. The van der Waals surface area contributed by atoms with Gasteiger partial charge in [0.05, 0.1) is 34.3 Å². The Labute approximate surface area is 151 Å². The van der Waals surface area contributed by atoms with Crippen LogP contribution in [0.5, 0.6) is 0 Å². The summed E-state index contributed by atoms with van der Waals surface area (Å²) in [7, 11) is -2.97. The number of sulfone groups is 1. The van der Waals surface area contributed by atoms with E-state index in [9.17, 15) is 13.2 Å². The molecule has 134 valence electrons. The maximum atomic E-state index is 12.4. The summed E-state index contributed by atoms with van der Waals surface area (Å²) in [5.74, 6) is 0.158. The molecule has 0 bridgehead atoms. The molecule has 2 atom stereocenters. The smallest absolute Gasteiger partial charge is 0.234 e. The molecular formula is C17H21N3O3S2. The van der Waals surface area contributed by atoms with Crippen LogP contribution in [0.25, 0.3) is 10.2 Å². The lowest BCUT2D eigenvalue weighted by Gasteiger charge is -2.23. The van der Waals surface area contributed by atoms with Crippen LogP contribution >= 0.6 is 11.3 Å². The van der Waals surface area contributed by atoms with Crippen LogP contribution in [0, 0.1) is 0 Å². The van der Waals surface area contributed by atoms with Crippen molar-refractivity contribution in [3.05, 3.63) is 29.3 Å². The van der Waals surface area contributed by atoms with E-state index in [0.29, 0.717) is 13.0 Å². The maximum absolute atomic E-state index is 12.4. The summed E-state index contributed by atoms with van der Waals surface area (Å²) in [5.41, 5.74) is 1.01. The summed E-state index contributed by atoms with van der Waals surface area (Å²) in [6, 6.07) is 8.03. The molecule has 6 nitrogen and oxygen atoms in total. The molecule has 8 heteroatoms. The highest BCUT2D eigenvalue weighted by atomic mass is 32.2. The van der Waals surface area contributed by atoms with Gasteiger partial charge in [-0.1, -0.05) is 12.1 Å². The summed E-state index contributed by atoms with van der Waals surface area (Å²) in [6.07, 6.45) is 2.58. The van der Waals surface area contributed by atoms with E-state index in [2.05, 4.69) is 16.3 Å². The standard InChI is InChI=1S/C17H21N3O3S2/c21-16(18-12-7-9-25(22,23)11-12)10-20-8-3-5-14(20)17-19-13-4-1-2-6-15(13)24-17/h1-2,4,6,12,14H,3,5,7-11H2,(H,18,21)/t12-,14-/m0/s1. The molecule has 1 N–H and O–H groups in total. The Morgan fingerprint density at radius 1 is 1.32 bits per heavy atom. The highest BCUT2D eigenvalue weighted by Gasteiger charge is 2.32. The van der Waals surface area contributed by atoms with Crippen molar-refractivity contribution in [1.29, 1.82) is 0 Å². The molecule has 3 heterocycles. The van der Waals surface area contributed by atoms with Crippen molar-refractivity contribution in [2.45, 2.75) is 31.3 Å². The first-order chi connectivity index (χ1) is 12.0. The number of benzene rings is 1. The topological polar surface area (TPSA) is 79.4 Å². The first-order valence-electron chi connectivity index (χ1n) is 8.59. The molecule has 0 saturated carbocycles. The second-order valence-corrected chi connectivity index (χ2v) is 10.1. The van der Waals surface area contributed by atoms with Crippen molar-refractivity contribution in [1.82, 2.24) is 15.2 Å². The predicted molar refractivity (Wildman–Crippen MR) is 98.4 cm³/mol. The molecule has 1 amide bonds. The van der Waals surface area contributed by atoms with Gasteiger partial charge in [-0.2, -0.15) is 0 Å². The second kappa shape index (κ2) is 6.66. The number of likely N-dealkylation sites (tertiary alicyclic amines) is 1. The van der Waals surface area contributed by atoms with Gasteiger partial charge in [-0.15, -0.1) is 11.3 Å². The van der Waals surface area contributed by atoms with Gasteiger partial charge < -0.3 is 5.32 Å². The number of carbonyl (C=O) groups excluding carboxylic acids is 1. The molecule has 2 aromatic rings. The van der Waals surface area contributed by atoms with Crippen molar-refractivity contribution in [3.8, 4) is 0 Å². The summed E-state index contributed by atoms with van der Waals surface area (Å²) < 4.78 is 24.2. The largest absolute Gasteiger partial charge is 0.351 e. The number of nitrogens with one attached hydrogen (secondary N) is 1. The zero-order chi connectivity index (χ0) is 17.4. The van der Waals surface area contributed by atoms with Gasteiger partial charge in [0.15, 0.2) is 9.84 Å². The number of hydrogen-bond donors (Lipinski definition) is 1. The van der Waals surface area contributed by atoms with E-state index in [0.717, 1.165) is 29.9 Å². The van der Waals surface area contributed by atoms with Gasteiger partial charge in [-0.3, -0.25) is 9.69 Å². The average Bonchev–Trinajstić information content (AvgIpc) is 3.25. The maximum Gasteiger partial charge on any atom is 0.234 e. The minimum absolute atomic E-state index is 0.0695. The number of aromatic nitrogens is 1. The third-order valence-electron chi connectivity index (χ3n) is 4.90. The van der Waals surface area contributed by atoms with E-state index in [1.54, 1.807) is 11.3 Å². The molecule has 1 aromatic heterocycles. The van der Waals surface area contributed by atoms with E-state index in [1.165, 1.54) is 4.70 Å². The number of thiazole rings is 1. The molecule has 2 aliphatic heterocycles. The molecule has 0 spiro atoms. The second-order valence-electron chi connectivity index (χ2n) is 6.82. The summed E-state index contributed by atoms with van der Waals surface area (Å²) in [6.45, 7) is 1.17. The lowest BCUT2D eigenvalue weighted by atomic mass is 10.2. The van der Waals surface area contributed by atoms with Crippen molar-refractivity contribution in [2.75, 3.05) is 24.6 Å². The minimum atomic E-state index is -2.97. The SMILES string of the molecule is O=C(CN1CCC[C@H]1c1nc2ccccc2s1)N[C@H]1CCS(=O)(=O)C1. The van der Waals surface area contributed by atoms with Gasteiger partial charge in [-0.05, 0) is 37.9 Å². The quantitative estimate of drug-likeness (QED) is 0.875. The lowest BCUT2D eigenvalue weighted by Crippen LogP contribution is -2.42. The number of carbonyl (C=O) groups is 1. The van der Waals surface area contributed by atoms with E-state index in [-0.39, 0.29) is 29.5 Å². The molecule has 0 unspecified atom stereocenters. The Morgan fingerprint density at radius 3 is 2.92 bits per heavy atom. The van der Waals surface area contributed by atoms with Gasteiger partial charge in [0.2, 0.25) is 5.91 Å². The first-order valence-corrected chi connectivity index (χ1v) is 11.2. The van der Waals surface area contributed by atoms with Gasteiger partial charge in [0, 0.05) is 6.04 Å². The number of nitrogens with zero attached hydrogens (tertiary/aromatic N) is 2. The van der Waals surface area contributed by atoms with Crippen LogP contribution in [0.2, 0.25) is 0 Å². The fourth-order valence-electron chi connectivity index (χ4n) is 3.69. The fraction of sp³-hybridized carbons (Fsp3) is 0.529. The van der Waals surface area contributed by atoms with E-state index < -0.39 is 9.84 Å². The Kier molecular flexibility index (Phi) is 4.51. The number of amides is 1. The average molecular weight is 380 g/mol. The van der Waals surface area contributed by atoms with Crippen LogP contribution < -0.4 is 5.32 Å².